The highest BCUT2D eigenvalue weighted by atomic mass is 16.5. The molecule has 1 unspecified atom stereocenters. The average molecular weight is 272 g/mol. The molecule has 0 bridgehead atoms. The summed E-state index contributed by atoms with van der Waals surface area (Å²) in [5, 5.41) is 5.31. The summed E-state index contributed by atoms with van der Waals surface area (Å²) in [6, 6.07) is -0.631. The smallest absolute Gasteiger partial charge is 0.306 e. The minimum absolute atomic E-state index is 0.0198. The minimum atomic E-state index is -0.631. The molecule has 0 heterocycles. The van der Waals surface area contributed by atoms with Gasteiger partial charge < -0.3 is 15.4 Å². The molecule has 19 heavy (non-hydrogen) atoms. The summed E-state index contributed by atoms with van der Waals surface area (Å²) in [5.74, 6) is -1.01. The van der Waals surface area contributed by atoms with Crippen LogP contribution >= 0.6 is 0 Å². The van der Waals surface area contributed by atoms with Crippen LogP contribution in [0, 0.1) is 0 Å². The van der Waals surface area contributed by atoms with Crippen LogP contribution in [0.2, 0.25) is 0 Å². The molecule has 0 saturated carbocycles. The number of hydrogen-bond donors (Lipinski definition) is 2. The number of nitrogens with one attached hydrogen (secondary N) is 2. The number of hydrogen-bond acceptors (Lipinski definition) is 4. The molecule has 6 nitrogen and oxygen atoms in total. The number of carbonyl (C=O) groups excluding carboxylic acids is 3. The van der Waals surface area contributed by atoms with Gasteiger partial charge in [-0.15, -0.1) is 0 Å². The van der Waals surface area contributed by atoms with Crippen molar-refractivity contribution in [1.82, 2.24) is 10.6 Å². The standard InChI is InChI=1S/C13H24N2O4/c1-6-19-11(17)8-7-10(16)14-9(2)12(18)15-13(3,4)5/h9H,6-8H2,1-5H3,(H,14,16)(H,15,18). The van der Waals surface area contributed by atoms with Crippen LogP contribution in [0.5, 0.6) is 0 Å². The predicted molar refractivity (Wildman–Crippen MR) is 71.4 cm³/mol. The SMILES string of the molecule is CCOC(=O)CCC(=O)NC(C)C(=O)NC(C)(C)C. The zero-order chi connectivity index (χ0) is 15.1. The topological polar surface area (TPSA) is 84.5 Å². The van der Waals surface area contributed by atoms with Gasteiger partial charge in [0.15, 0.2) is 0 Å². The van der Waals surface area contributed by atoms with E-state index in [2.05, 4.69) is 10.6 Å². The van der Waals surface area contributed by atoms with E-state index in [0.29, 0.717) is 6.61 Å². The van der Waals surface area contributed by atoms with Crippen LogP contribution in [0.1, 0.15) is 47.5 Å². The van der Waals surface area contributed by atoms with E-state index in [1.54, 1.807) is 13.8 Å². The van der Waals surface area contributed by atoms with Gasteiger partial charge in [-0.2, -0.15) is 0 Å². The molecule has 6 heteroatoms. The van der Waals surface area contributed by atoms with Crippen molar-refractivity contribution >= 4 is 17.8 Å². The number of carbonyl (C=O) groups is 3. The Labute approximate surface area is 114 Å². The summed E-state index contributed by atoms with van der Waals surface area (Å²) >= 11 is 0. The van der Waals surface area contributed by atoms with Crippen LogP contribution in [-0.2, 0) is 19.1 Å². The Morgan fingerprint density at radius 1 is 1.16 bits per heavy atom. The summed E-state index contributed by atoms with van der Waals surface area (Å²) in [6.07, 6.45) is 0.0409. The van der Waals surface area contributed by atoms with Gasteiger partial charge in [0.2, 0.25) is 11.8 Å². The van der Waals surface area contributed by atoms with Crippen LogP contribution in [0.4, 0.5) is 0 Å². The molecular weight excluding hydrogens is 248 g/mol. The van der Waals surface area contributed by atoms with Gasteiger partial charge in [0.1, 0.15) is 6.04 Å². The molecule has 0 aromatic carbocycles. The van der Waals surface area contributed by atoms with E-state index in [1.807, 2.05) is 20.8 Å². The third-order valence-corrected chi connectivity index (χ3v) is 2.13. The second kappa shape index (κ2) is 7.76. The highest BCUT2D eigenvalue weighted by molar-refractivity contribution is 5.88. The van der Waals surface area contributed by atoms with Gasteiger partial charge in [-0.05, 0) is 34.6 Å². The molecule has 110 valence electrons. The second-order valence-corrected chi connectivity index (χ2v) is 5.33. The number of amides is 2. The predicted octanol–water partition coefficient (Wildman–Crippen LogP) is 0.749. The fraction of sp³-hybridized carbons (Fsp3) is 0.769. The number of esters is 1. The second-order valence-electron chi connectivity index (χ2n) is 5.33. The third-order valence-electron chi connectivity index (χ3n) is 2.13. The lowest BCUT2D eigenvalue weighted by molar-refractivity contribution is -0.144. The van der Waals surface area contributed by atoms with E-state index in [1.165, 1.54) is 0 Å². The van der Waals surface area contributed by atoms with Crippen molar-refractivity contribution in [2.45, 2.75) is 59.0 Å². The highest BCUT2D eigenvalue weighted by Gasteiger charge is 2.20. The zero-order valence-electron chi connectivity index (χ0n) is 12.3. The fourth-order valence-electron chi connectivity index (χ4n) is 1.31. The van der Waals surface area contributed by atoms with Crippen molar-refractivity contribution < 1.29 is 19.1 Å². The van der Waals surface area contributed by atoms with Crippen LogP contribution in [0.3, 0.4) is 0 Å². The minimum Gasteiger partial charge on any atom is -0.466 e. The molecule has 0 aromatic rings. The number of ether oxygens (including phenoxy) is 1. The highest BCUT2D eigenvalue weighted by Crippen LogP contribution is 2.00. The maximum atomic E-state index is 11.7. The molecule has 0 radical (unpaired) electrons. The first kappa shape index (κ1) is 17.4. The molecule has 2 N–H and O–H groups in total. The average Bonchev–Trinajstić information content (AvgIpc) is 2.24. The van der Waals surface area contributed by atoms with Gasteiger partial charge in [0.05, 0.1) is 13.0 Å². The Balaban J connectivity index is 4.05. The molecule has 1 atom stereocenters. The summed E-state index contributed by atoms with van der Waals surface area (Å²) in [7, 11) is 0. The largest absolute Gasteiger partial charge is 0.466 e. The zero-order valence-corrected chi connectivity index (χ0v) is 12.3. The number of rotatable bonds is 6. The lowest BCUT2D eigenvalue weighted by Gasteiger charge is -2.23. The van der Waals surface area contributed by atoms with E-state index in [0.717, 1.165) is 0 Å². The molecule has 0 aliphatic carbocycles. The summed E-state index contributed by atoms with van der Waals surface area (Å²) < 4.78 is 4.71. The monoisotopic (exact) mass is 272 g/mol. The van der Waals surface area contributed by atoms with Crippen LogP contribution in [0.25, 0.3) is 0 Å². The van der Waals surface area contributed by atoms with Crippen molar-refractivity contribution in [2.24, 2.45) is 0 Å². The molecule has 2 amide bonds. The third kappa shape index (κ3) is 9.04. The van der Waals surface area contributed by atoms with Crippen LogP contribution < -0.4 is 10.6 Å². The quantitative estimate of drug-likeness (QED) is 0.699. The summed E-state index contributed by atoms with van der Waals surface area (Å²) in [5.41, 5.74) is -0.346. The first-order chi connectivity index (χ1) is 8.65. The van der Waals surface area contributed by atoms with E-state index < -0.39 is 12.0 Å². The van der Waals surface area contributed by atoms with Crippen molar-refractivity contribution in [1.29, 1.82) is 0 Å². The van der Waals surface area contributed by atoms with E-state index in [-0.39, 0.29) is 30.2 Å². The van der Waals surface area contributed by atoms with Gasteiger partial charge in [-0.3, -0.25) is 14.4 Å². The first-order valence-electron chi connectivity index (χ1n) is 6.42. The molecule has 0 fully saturated rings. The summed E-state index contributed by atoms with van der Waals surface area (Å²) in [4.78, 5) is 34.3. The summed E-state index contributed by atoms with van der Waals surface area (Å²) in [6.45, 7) is 9.19. The van der Waals surface area contributed by atoms with E-state index in [4.69, 9.17) is 4.74 Å². The van der Waals surface area contributed by atoms with E-state index in [9.17, 15) is 14.4 Å². The van der Waals surface area contributed by atoms with Crippen molar-refractivity contribution in [3.8, 4) is 0 Å². The lowest BCUT2D eigenvalue weighted by atomic mass is 10.1. The first-order valence-corrected chi connectivity index (χ1v) is 6.42. The normalized spacial score (nSPS) is 12.5. The Morgan fingerprint density at radius 3 is 2.21 bits per heavy atom. The maximum absolute atomic E-state index is 11.7. The maximum Gasteiger partial charge on any atom is 0.306 e. The van der Waals surface area contributed by atoms with Gasteiger partial charge in [-0.1, -0.05) is 0 Å². The van der Waals surface area contributed by atoms with Crippen LogP contribution in [0.15, 0.2) is 0 Å². The van der Waals surface area contributed by atoms with Crippen molar-refractivity contribution in [3.63, 3.8) is 0 Å². The Bertz CT molecular complexity index is 334. The molecule has 0 rings (SSSR count). The molecular formula is C13H24N2O4. The fourth-order valence-corrected chi connectivity index (χ4v) is 1.31. The molecule has 0 spiro atoms. The van der Waals surface area contributed by atoms with Gasteiger partial charge >= 0.3 is 5.97 Å². The van der Waals surface area contributed by atoms with Gasteiger partial charge in [0.25, 0.3) is 0 Å². The molecule has 0 aliphatic rings. The van der Waals surface area contributed by atoms with Crippen molar-refractivity contribution in [3.05, 3.63) is 0 Å². The Hall–Kier alpha value is -1.59. The lowest BCUT2D eigenvalue weighted by Crippen LogP contribution is -2.50. The van der Waals surface area contributed by atoms with Crippen molar-refractivity contribution in [2.75, 3.05) is 6.61 Å². The van der Waals surface area contributed by atoms with E-state index >= 15 is 0 Å². The van der Waals surface area contributed by atoms with Gasteiger partial charge in [-0.25, -0.2) is 0 Å². The molecule has 0 aliphatic heterocycles. The molecule has 0 aromatic heterocycles. The Kier molecular flexibility index (Phi) is 7.11. The van der Waals surface area contributed by atoms with Gasteiger partial charge in [0, 0.05) is 12.0 Å². The Morgan fingerprint density at radius 2 is 1.74 bits per heavy atom. The van der Waals surface area contributed by atoms with Crippen LogP contribution in [-0.4, -0.2) is 36.0 Å². The molecule has 0 saturated heterocycles.